The fourth-order valence-corrected chi connectivity index (χ4v) is 4.21. The van der Waals surface area contributed by atoms with Gasteiger partial charge in [0.25, 0.3) is 11.7 Å². The lowest BCUT2D eigenvalue weighted by atomic mass is 9.94. The Morgan fingerprint density at radius 3 is 2.24 bits per heavy atom. The van der Waals surface area contributed by atoms with Crippen molar-refractivity contribution in [2.45, 2.75) is 32.9 Å². The van der Waals surface area contributed by atoms with Crippen LogP contribution in [0.3, 0.4) is 0 Å². The zero-order chi connectivity index (χ0) is 23.5. The Kier molecular flexibility index (Phi) is 6.31. The van der Waals surface area contributed by atoms with Crippen molar-refractivity contribution in [1.29, 1.82) is 0 Å². The van der Waals surface area contributed by atoms with E-state index in [2.05, 4.69) is 6.92 Å². The van der Waals surface area contributed by atoms with Crippen LogP contribution in [0.25, 0.3) is 5.76 Å². The first-order valence-electron chi connectivity index (χ1n) is 11.0. The van der Waals surface area contributed by atoms with Crippen LogP contribution in [0, 0.1) is 6.92 Å². The Hall–Kier alpha value is -3.86. The molecular weight excluding hydrogens is 414 g/mol. The number of nitrogens with zero attached hydrogens (tertiary/aromatic N) is 1. The summed E-state index contributed by atoms with van der Waals surface area (Å²) >= 11 is 0. The van der Waals surface area contributed by atoms with E-state index in [1.807, 2.05) is 67.6 Å². The molecule has 1 aliphatic rings. The molecule has 0 spiro atoms. The van der Waals surface area contributed by atoms with Gasteiger partial charge in [-0.15, -0.1) is 0 Å². The fraction of sp³-hybridized carbons (Fsp3) is 0.214. The smallest absolute Gasteiger partial charge is 0.295 e. The number of amides is 1. The minimum absolute atomic E-state index is 0.114. The molecule has 1 atom stereocenters. The minimum Gasteiger partial charge on any atom is -0.507 e. The number of hydrogen-bond acceptors (Lipinski definition) is 4. The number of aliphatic hydroxyl groups is 1. The zero-order valence-corrected chi connectivity index (χ0v) is 19.0. The third kappa shape index (κ3) is 4.40. The number of likely N-dealkylation sites (tertiary alicyclic amines) is 1. The average Bonchev–Trinajstić information content (AvgIpc) is 3.09. The lowest BCUT2D eigenvalue weighted by molar-refractivity contribution is -0.140. The molecule has 3 aromatic rings. The number of Topliss-reactive ketones (excluding diaryl/α,β-unsaturated/α-hetero) is 1. The number of methoxy groups -OCH3 is 1. The molecule has 5 heteroatoms. The van der Waals surface area contributed by atoms with Gasteiger partial charge >= 0.3 is 0 Å². The van der Waals surface area contributed by atoms with Crippen LogP contribution >= 0.6 is 0 Å². The average molecular weight is 442 g/mol. The van der Waals surface area contributed by atoms with E-state index in [-0.39, 0.29) is 17.9 Å². The van der Waals surface area contributed by atoms with Gasteiger partial charge in [0.2, 0.25) is 0 Å². The number of aliphatic hydroxyl groups excluding tert-OH is 1. The van der Waals surface area contributed by atoms with Crippen molar-refractivity contribution in [2.75, 3.05) is 7.11 Å². The Balaban J connectivity index is 1.82. The van der Waals surface area contributed by atoms with Gasteiger partial charge in [0.05, 0.1) is 18.7 Å². The van der Waals surface area contributed by atoms with Gasteiger partial charge in [-0.3, -0.25) is 9.59 Å². The quantitative estimate of drug-likeness (QED) is 0.325. The largest absolute Gasteiger partial charge is 0.507 e. The van der Waals surface area contributed by atoms with E-state index in [0.717, 1.165) is 28.7 Å². The van der Waals surface area contributed by atoms with E-state index in [1.165, 1.54) is 4.90 Å². The van der Waals surface area contributed by atoms with Gasteiger partial charge in [-0.05, 0) is 42.2 Å². The van der Waals surface area contributed by atoms with E-state index >= 15 is 0 Å². The molecule has 0 radical (unpaired) electrons. The second-order valence-corrected chi connectivity index (χ2v) is 8.24. The lowest BCUT2D eigenvalue weighted by Crippen LogP contribution is -2.29. The van der Waals surface area contributed by atoms with Gasteiger partial charge in [0, 0.05) is 12.1 Å². The van der Waals surface area contributed by atoms with Gasteiger partial charge in [-0.2, -0.15) is 0 Å². The summed E-state index contributed by atoms with van der Waals surface area (Å²) in [5.74, 6) is -0.734. The molecule has 0 saturated carbocycles. The molecule has 0 aliphatic carbocycles. The Morgan fingerprint density at radius 2 is 1.64 bits per heavy atom. The maximum Gasteiger partial charge on any atom is 0.295 e. The molecule has 1 saturated heterocycles. The van der Waals surface area contributed by atoms with Gasteiger partial charge in [-0.1, -0.05) is 73.2 Å². The van der Waals surface area contributed by atoms with Gasteiger partial charge in [0.1, 0.15) is 11.5 Å². The molecule has 33 heavy (non-hydrogen) atoms. The highest BCUT2D eigenvalue weighted by Crippen LogP contribution is 2.40. The number of carbonyl (C=O) groups excluding carboxylic acids is 2. The molecule has 1 fully saturated rings. The number of hydrogen-bond donors (Lipinski definition) is 1. The number of ketones is 1. The van der Waals surface area contributed by atoms with Crippen molar-refractivity contribution in [3.63, 3.8) is 0 Å². The van der Waals surface area contributed by atoms with Crippen molar-refractivity contribution >= 4 is 17.4 Å². The second-order valence-electron chi connectivity index (χ2n) is 8.24. The number of benzene rings is 3. The monoisotopic (exact) mass is 441 g/mol. The third-order valence-corrected chi connectivity index (χ3v) is 6.05. The number of aryl methyl sites for hydroxylation is 2. The lowest BCUT2D eigenvalue weighted by Gasteiger charge is -2.26. The van der Waals surface area contributed by atoms with E-state index in [9.17, 15) is 14.7 Å². The molecule has 168 valence electrons. The van der Waals surface area contributed by atoms with Crippen LogP contribution in [0.5, 0.6) is 5.75 Å². The van der Waals surface area contributed by atoms with Gasteiger partial charge in [0.15, 0.2) is 0 Å². The van der Waals surface area contributed by atoms with Crippen molar-refractivity contribution in [2.24, 2.45) is 0 Å². The van der Waals surface area contributed by atoms with Crippen molar-refractivity contribution in [3.05, 3.63) is 106 Å². The summed E-state index contributed by atoms with van der Waals surface area (Å²) in [6.45, 7) is 4.25. The molecule has 0 bridgehead atoms. The molecule has 3 aromatic carbocycles. The van der Waals surface area contributed by atoms with Crippen LogP contribution in [-0.4, -0.2) is 28.8 Å². The van der Waals surface area contributed by atoms with Crippen LogP contribution in [0.4, 0.5) is 0 Å². The predicted octanol–water partition coefficient (Wildman–Crippen LogP) is 5.19. The summed E-state index contributed by atoms with van der Waals surface area (Å²) < 4.78 is 5.22. The summed E-state index contributed by atoms with van der Waals surface area (Å²) in [5.41, 5.74) is 4.42. The molecule has 1 heterocycles. The summed E-state index contributed by atoms with van der Waals surface area (Å²) in [7, 11) is 1.60. The third-order valence-electron chi connectivity index (χ3n) is 6.05. The maximum absolute atomic E-state index is 13.2. The SMILES string of the molecule is CCc1ccc(/C(O)=C2/C(=O)C(=O)N(Cc3ccc(OC)cc3)C2c2cccc(C)c2)cc1. The van der Waals surface area contributed by atoms with Crippen LogP contribution in [-0.2, 0) is 22.6 Å². The number of carbonyl (C=O) groups is 2. The molecule has 5 nitrogen and oxygen atoms in total. The first kappa shape index (κ1) is 22.3. The molecule has 0 aromatic heterocycles. The summed E-state index contributed by atoms with van der Waals surface area (Å²) in [5, 5.41) is 11.2. The maximum atomic E-state index is 13.2. The molecule has 1 amide bonds. The Labute approximate surface area is 193 Å². The Morgan fingerprint density at radius 1 is 0.970 bits per heavy atom. The highest BCUT2D eigenvalue weighted by molar-refractivity contribution is 6.46. The van der Waals surface area contributed by atoms with E-state index < -0.39 is 17.7 Å². The van der Waals surface area contributed by atoms with Crippen LogP contribution in [0.2, 0.25) is 0 Å². The van der Waals surface area contributed by atoms with Gasteiger partial charge in [-0.25, -0.2) is 0 Å². The summed E-state index contributed by atoms with van der Waals surface area (Å²) in [6.07, 6.45) is 0.872. The standard InChI is InChI=1S/C28H27NO4/c1-4-19-8-12-21(13-9-19)26(30)24-25(22-7-5-6-18(2)16-22)29(28(32)27(24)31)17-20-10-14-23(33-3)15-11-20/h5-16,25,30H,4,17H2,1-3H3/b26-24-. The molecular formula is C28H27NO4. The molecule has 1 unspecified atom stereocenters. The van der Waals surface area contributed by atoms with Crippen molar-refractivity contribution in [1.82, 2.24) is 4.90 Å². The summed E-state index contributed by atoms with van der Waals surface area (Å²) in [6, 6.07) is 21.8. The normalized spacial score (nSPS) is 17.4. The van der Waals surface area contributed by atoms with Gasteiger partial charge < -0.3 is 14.7 Å². The van der Waals surface area contributed by atoms with E-state index in [0.29, 0.717) is 11.3 Å². The van der Waals surface area contributed by atoms with E-state index in [1.54, 1.807) is 19.2 Å². The van der Waals surface area contributed by atoms with Crippen LogP contribution in [0.15, 0.2) is 78.4 Å². The topological polar surface area (TPSA) is 66.8 Å². The first-order chi connectivity index (χ1) is 15.9. The molecule has 4 rings (SSSR count). The Bertz CT molecular complexity index is 1210. The first-order valence-corrected chi connectivity index (χ1v) is 11.0. The van der Waals surface area contributed by atoms with Crippen LogP contribution in [0.1, 0.15) is 40.8 Å². The number of rotatable bonds is 6. The second kappa shape index (κ2) is 9.33. The van der Waals surface area contributed by atoms with Crippen molar-refractivity contribution in [3.8, 4) is 5.75 Å². The predicted molar refractivity (Wildman–Crippen MR) is 128 cm³/mol. The van der Waals surface area contributed by atoms with Crippen LogP contribution < -0.4 is 4.74 Å². The summed E-state index contributed by atoms with van der Waals surface area (Å²) in [4.78, 5) is 27.9. The minimum atomic E-state index is -0.683. The fourth-order valence-electron chi connectivity index (χ4n) is 4.21. The zero-order valence-electron chi connectivity index (χ0n) is 19.0. The molecule has 1 N–H and O–H groups in total. The number of ether oxygens (including phenoxy) is 1. The molecule has 1 aliphatic heterocycles. The van der Waals surface area contributed by atoms with Crippen molar-refractivity contribution < 1.29 is 19.4 Å². The highest BCUT2D eigenvalue weighted by Gasteiger charge is 2.46. The van der Waals surface area contributed by atoms with E-state index in [4.69, 9.17) is 4.74 Å². The highest BCUT2D eigenvalue weighted by atomic mass is 16.5.